The summed E-state index contributed by atoms with van der Waals surface area (Å²) in [5.41, 5.74) is 0.384. The molecule has 1 rings (SSSR count). The number of unbranched alkanes of at least 4 members (excludes halogenated alkanes) is 5. The Labute approximate surface area is 119 Å². The second-order valence-electron chi connectivity index (χ2n) is 4.79. The highest BCUT2D eigenvalue weighted by molar-refractivity contribution is 5.90. The molecule has 1 aromatic rings. The number of hydrogen-bond donors (Lipinski definition) is 2. The Bertz CT molecular complexity index is 407. The van der Waals surface area contributed by atoms with Crippen LogP contribution in [0.4, 0.5) is 5.69 Å². The summed E-state index contributed by atoms with van der Waals surface area (Å²) in [5.74, 6) is -0.457. The lowest BCUT2D eigenvalue weighted by Gasteiger charge is -2.12. The average Bonchev–Trinajstić information content (AvgIpc) is 2.46. The first-order valence-corrected chi connectivity index (χ1v) is 7.15. The molecule has 5 nitrogen and oxygen atoms in total. The van der Waals surface area contributed by atoms with E-state index < -0.39 is 11.2 Å². The molecule has 0 saturated carbocycles. The summed E-state index contributed by atoms with van der Waals surface area (Å²) < 4.78 is 5.14. The summed E-state index contributed by atoms with van der Waals surface area (Å²) >= 11 is 0. The molecule has 0 heterocycles. The summed E-state index contributed by atoms with van der Waals surface area (Å²) in [4.78, 5) is 11.7. The Morgan fingerprint density at radius 1 is 1.25 bits per heavy atom. The maximum atomic E-state index is 11.7. The smallest absolute Gasteiger partial charge is 0.338 e. The number of esters is 1. The molecule has 0 spiro atoms. The minimum atomic E-state index is -1.05. The lowest BCUT2D eigenvalue weighted by atomic mass is 10.1. The van der Waals surface area contributed by atoms with E-state index >= 15 is 0 Å². The number of nitrogens with one attached hydrogen (secondary N) is 1. The van der Waals surface area contributed by atoms with Crippen molar-refractivity contribution in [1.82, 2.24) is 0 Å². The van der Waals surface area contributed by atoms with Gasteiger partial charge in [0.25, 0.3) is 0 Å². The zero-order valence-corrected chi connectivity index (χ0v) is 11.9. The highest BCUT2D eigenvalue weighted by Gasteiger charge is 2.09. The molecule has 0 amide bonds. The van der Waals surface area contributed by atoms with Crippen LogP contribution in [0.25, 0.3) is 0 Å². The molecule has 20 heavy (non-hydrogen) atoms. The fourth-order valence-electron chi connectivity index (χ4n) is 1.91. The molecule has 1 aromatic carbocycles. The van der Waals surface area contributed by atoms with E-state index in [1.165, 1.54) is 37.8 Å². The van der Waals surface area contributed by atoms with E-state index in [-0.39, 0.29) is 11.3 Å². The predicted molar refractivity (Wildman–Crippen MR) is 75.9 cm³/mol. The molecule has 2 N–H and O–H groups in total. The van der Waals surface area contributed by atoms with Crippen molar-refractivity contribution in [2.45, 2.75) is 45.4 Å². The Hall–Kier alpha value is -1.43. The molecule has 1 atom stereocenters. The van der Waals surface area contributed by atoms with E-state index in [1.54, 1.807) is 12.1 Å². The van der Waals surface area contributed by atoms with Crippen LogP contribution in [0.5, 0.6) is 0 Å². The number of hydrogen-bond acceptors (Lipinski definition) is 4. The van der Waals surface area contributed by atoms with E-state index in [4.69, 9.17) is 9.94 Å². The topological polar surface area (TPSA) is 74.0 Å². The van der Waals surface area contributed by atoms with Crippen LogP contribution in [-0.2, 0) is 4.74 Å². The molecule has 0 aliphatic rings. The van der Waals surface area contributed by atoms with Gasteiger partial charge < -0.3 is 9.94 Å². The van der Waals surface area contributed by atoms with Crippen molar-refractivity contribution in [3.8, 4) is 0 Å². The summed E-state index contributed by atoms with van der Waals surface area (Å²) in [6.45, 7) is 2.56. The van der Waals surface area contributed by atoms with Crippen molar-refractivity contribution in [2.24, 2.45) is 0 Å². The lowest BCUT2D eigenvalue weighted by Crippen LogP contribution is -2.99. The minimum absolute atomic E-state index is 0.0963. The third-order valence-corrected chi connectivity index (χ3v) is 3.08. The first kappa shape index (κ1) is 16.6. The minimum Gasteiger partial charge on any atom is -0.595 e. The van der Waals surface area contributed by atoms with Gasteiger partial charge in [-0.05, 0) is 12.5 Å². The highest BCUT2D eigenvalue weighted by Crippen LogP contribution is 2.09. The van der Waals surface area contributed by atoms with Crippen molar-refractivity contribution in [1.29, 1.82) is 0 Å². The van der Waals surface area contributed by atoms with Crippen LogP contribution in [0, 0.1) is 5.21 Å². The molecule has 0 saturated heterocycles. The molecule has 0 aromatic heterocycles. The van der Waals surface area contributed by atoms with E-state index in [0.29, 0.717) is 6.61 Å². The Balaban J connectivity index is 2.27. The standard InChI is InChI=1S/C15H23NO4/c1-2-3-4-5-6-7-11-20-15(17)13-9-8-10-14(12-13)16(18)19/h8-10,12,16,18H,2-7,11H2,1H3. The second kappa shape index (κ2) is 9.47. The van der Waals surface area contributed by atoms with Gasteiger partial charge in [0, 0.05) is 12.1 Å². The predicted octanol–water partition coefficient (Wildman–Crippen LogP) is 2.61. The summed E-state index contributed by atoms with van der Waals surface area (Å²) in [6, 6.07) is 5.90. The second-order valence-corrected chi connectivity index (χ2v) is 4.79. The van der Waals surface area contributed by atoms with Gasteiger partial charge in [-0.3, -0.25) is 0 Å². The molecule has 5 heteroatoms. The van der Waals surface area contributed by atoms with Crippen LogP contribution in [0.15, 0.2) is 24.3 Å². The molecule has 0 aliphatic carbocycles. The first-order valence-electron chi connectivity index (χ1n) is 7.15. The van der Waals surface area contributed by atoms with E-state index in [9.17, 15) is 10.0 Å². The molecular formula is C15H23NO4. The van der Waals surface area contributed by atoms with Gasteiger partial charge in [-0.1, -0.05) is 45.1 Å². The third-order valence-electron chi connectivity index (χ3n) is 3.08. The van der Waals surface area contributed by atoms with Crippen molar-refractivity contribution >= 4 is 11.7 Å². The number of ether oxygens (including phenoxy) is 1. The van der Waals surface area contributed by atoms with Gasteiger partial charge in [0.1, 0.15) is 0 Å². The van der Waals surface area contributed by atoms with E-state index in [1.807, 2.05) is 0 Å². The summed E-state index contributed by atoms with van der Waals surface area (Å²) in [5, 5.41) is 18.6. The molecular weight excluding hydrogens is 258 g/mol. The normalized spacial score (nSPS) is 12.2. The van der Waals surface area contributed by atoms with Gasteiger partial charge in [-0.15, -0.1) is 0 Å². The maximum Gasteiger partial charge on any atom is 0.338 e. The fourth-order valence-corrected chi connectivity index (χ4v) is 1.91. The van der Waals surface area contributed by atoms with Gasteiger partial charge in [0.15, 0.2) is 5.69 Å². The largest absolute Gasteiger partial charge is 0.595 e. The summed E-state index contributed by atoms with van der Waals surface area (Å²) in [7, 11) is 0. The zero-order chi connectivity index (χ0) is 14.8. The van der Waals surface area contributed by atoms with Gasteiger partial charge in [-0.2, -0.15) is 5.23 Å². The van der Waals surface area contributed by atoms with Crippen LogP contribution in [0.3, 0.4) is 0 Å². The molecule has 1 unspecified atom stereocenters. The zero-order valence-electron chi connectivity index (χ0n) is 11.9. The third kappa shape index (κ3) is 6.14. The van der Waals surface area contributed by atoms with Crippen LogP contribution in [0.1, 0.15) is 55.8 Å². The first-order chi connectivity index (χ1) is 9.65. The summed E-state index contributed by atoms with van der Waals surface area (Å²) in [6.07, 6.45) is 6.78. The van der Waals surface area contributed by atoms with Crippen molar-refractivity contribution in [2.75, 3.05) is 6.61 Å². The molecule has 0 radical (unpaired) electrons. The molecule has 0 aliphatic heterocycles. The van der Waals surface area contributed by atoms with Gasteiger partial charge in [0.2, 0.25) is 0 Å². The Morgan fingerprint density at radius 2 is 1.95 bits per heavy atom. The highest BCUT2D eigenvalue weighted by atomic mass is 16.8. The van der Waals surface area contributed by atoms with Crippen LogP contribution >= 0.6 is 0 Å². The van der Waals surface area contributed by atoms with Crippen LogP contribution in [-0.4, -0.2) is 17.8 Å². The Morgan fingerprint density at radius 3 is 2.65 bits per heavy atom. The van der Waals surface area contributed by atoms with Gasteiger partial charge in [-0.25, -0.2) is 10.0 Å². The monoisotopic (exact) mass is 281 g/mol. The van der Waals surface area contributed by atoms with Crippen molar-refractivity contribution < 1.29 is 20.0 Å². The van der Waals surface area contributed by atoms with Gasteiger partial charge >= 0.3 is 5.97 Å². The number of rotatable bonds is 9. The van der Waals surface area contributed by atoms with Crippen LogP contribution < -0.4 is 5.23 Å². The van der Waals surface area contributed by atoms with Crippen LogP contribution in [0.2, 0.25) is 0 Å². The molecule has 0 fully saturated rings. The number of benzene rings is 1. The fraction of sp³-hybridized carbons (Fsp3) is 0.533. The lowest BCUT2D eigenvalue weighted by molar-refractivity contribution is -0.991. The average molecular weight is 281 g/mol. The molecule has 112 valence electrons. The number of quaternary nitrogens is 1. The van der Waals surface area contributed by atoms with Crippen molar-refractivity contribution in [3.63, 3.8) is 0 Å². The quantitative estimate of drug-likeness (QED) is 0.414. The van der Waals surface area contributed by atoms with E-state index in [0.717, 1.165) is 12.8 Å². The number of carbonyl (C=O) groups is 1. The van der Waals surface area contributed by atoms with Gasteiger partial charge in [0.05, 0.1) is 12.2 Å². The SMILES string of the molecule is CCCCCCCCOC(=O)c1cccc([NH+]([O-])O)c1. The van der Waals surface area contributed by atoms with Crippen molar-refractivity contribution in [3.05, 3.63) is 35.0 Å². The number of carbonyl (C=O) groups excluding carboxylic acids is 1. The maximum absolute atomic E-state index is 11.7. The van der Waals surface area contributed by atoms with E-state index in [2.05, 4.69) is 6.92 Å². The molecule has 0 bridgehead atoms. The Kier molecular flexibility index (Phi) is 7.87.